The van der Waals surface area contributed by atoms with Crippen LogP contribution in [0, 0.1) is 0 Å². The molecule has 0 aromatic heterocycles. The molecular formula is C28H43NO4P+. The number of hydrogen-bond acceptors (Lipinski definition) is 5. The van der Waals surface area contributed by atoms with Crippen LogP contribution in [0.5, 0.6) is 5.75 Å². The highest BCUT2D eigenvalue weighted by Crippen LogP contribution is 2.55. The fourth-order valence-electron chi connectivity index (χ4n) is 4.25. The predicted molar refractivity (Wildman–Crippen MR) is 143 cm³/mol. The molecule has 1 aliphatic heterocycles. The summed E-state index contributed by atoms with van der Waals surface area (Å²) < 4.78 is 17.6. The Morgan fingerprint density at radius 3 is 1.91 bits per heavy atom. The van der Waals surface area contributed by atoms with E-state index in [1.807, 2.05) is 42.5 Å². The molecule has 2 aromatic carbocycles. The Labute approximate surface area is 207 Å². The van der Waals surface area contributed by atoms with Gasteiger partial charge in [0.25, 0.3) is 0 Å². The van der Waals surface area contributed by atoms with Gasteiger partial charge in [-0.25, -0.2) is 0 Å². The molecule has 3 rings (SSSR count). The first-order valence-electron chi connectivity index (χ1n) is 13.2. The predicted octanol–water partition coefficient (Wildman–Crippen LogP) is 6.92. The van der Waals surface area contributed by atoms with E-state index < -0.39 is 7.94 Å². The van der Waals surface area contributed by atoms with Crippen molar-refractivity contribution >= 4 is 18.9 Å². The van der Waals surface area contributed by atoms with Crippen LogP contribution in [0.15, 0.2) is 54.6 Å². The molecule has 34 heavy (non-hydrogen) atoms. The average Bonchev–Trinajstić information content (AvgIpc) is 2.86. The zero-order chi connectivity index (χ0) is 23.9. The summed E-state index contributed by atoms with van der Waals surface area (Å²) in [5, 5.41) is 0.729. The number of hydrogen-bond donors (Lipinski definition) is 1. The molecule has 188 valence electrons. The van der Waals surface area contributed by atoms with Crippen molar-refractivity contribution in [3.63, 3.8) is 0 Å². The van der Waals surface area contributed by atoms with Gasteiger partial charge in [0.1, 0.15) is 19.0 Å². The van der Waals surface area contributed by atoms with Gasteiger partial charge in [-0.3, -0.25) is 0 Å². The third kappa shape index (κ3) is 9.19. The van der Waals surface area contributed by atoms with E-state index >= 15 is 0 Å². The van der Waals surface area contributed by atoms with Gasteiger partial charge in [-0.2, -0.15) is 13.9 Å². The lowest BCUT2D eigenvalue weighted by atomic mass is 10.1. The summed E-state index contributed by atoms with van der Waals surface area (Å²) in [5.74, 6) is 0.920. The van der Waals surface area contributed by atoms with Crippen LogP contribution in [0.4, 0.5) is 5.69 Å². The minimum atomic E-state index is -2.99. The van der Waals surface area contributed by atoms with Gasteiger partial charge in [-0.1, -0.05) is 82.9 Å². The Morgan fingerprint density at radius 1 is 0.765 bits per heavy atom. The van der Waals surface area contributed by atoms with Crippen LogP contribution in [0.2, 0.25) is 0 Å². The van der Waals surface area contributed by atoms with Crippen LogP contribution in [0.25, 0.3) is 0 Å². The molecule has 1 saturated heterocycles. The van der Waals surface area contributed by atoms with Gasteiger partial charge in [0, 0.05) is 18.8 Å². The van der Waals surface area contributed by atoms with E-state index in [1.165, 1.54) is 57.8 Å². The lowest BCUT2D eigenvalue weighted by Gasteiger charge is -2.28. The number of rotatable bonds is 14. The second kappa shape index (κ2) is 15.4. The maximum absolute atomic E-state index is 10.9. The lowest BCUT2D eigenvalue weighted by Crippen LogP contribution is -2.35. The summed E-state index contributed by atoms with van der Waals surface area (Å²) in [6, 6.07) is 17.7. The highest BCUT2D eigenvalue weighted by atomic mass is 31.2. The molecule has 0 unspecified atom stereocenters. The molecule has 1 heterocycles. The van der Waals surface area contributed by atoms with E-state index in [2.05, 4.69) is 24.0 Å². The molecule has 6 heteroatoms. The number of anilines is 1. The molecule has 1 aliphatic rings. The van der Waals surface area contributed by atoms with E-state index in [1.54, 1.807) is 0 Å². The van der Waals surface area contributed by atoms with Crippen LogP contribution in [-0.4, -0.2) is 37.8 Å². The standard InChI is InChI=1S/C28H43NO4P/c1-2-3-4-5-6-7-8-9-10-14-23-31-27-19-17-26(18-20-27)29-21-24-32-34(30,33-25-22-29)28-15-12-11-13-16-28/h11-13,15-20,30H,2-10,14,21-25H2,1H3/q+1. The minimum Gasteiger partial charge on any atom is -0.494 e. The van der Waals surface area contributed by atoms with Crippen molar-refractivity contribution in [2.45, 2.75) is 71.1 Å². The average molecular weight is 489 g/mol. The van der Waals surface area contributed by atoms with Crippen LogP contribution < -0.4 is 14.9 Å². The Hall–Kier alpha value is -1.65. The normalized spacial score (nSPS) is 16.1. The summed E-state index contributed by atoms with van der Waals surface area (Å²) in [6.45, 7) is 5.29. The molecule has 0 spiro atoms. The molecule has 2 aromatic rings. The Morgan fingerprint density at radius 2 is 1.32 bits per heavy atom. The third-order valence-corrected chi connectivity index (χ3v) is 8.32. The van der Waals surface area contributed by atoms with Gasteiger partial charge >= 0.3 is 7.94 Å². The first kappa shape index (κ1) is 26.9. The zero-order valence-electron chi connectivity index (χ0n) is 20.9. The van der Waals surface area contributed by atoms with Crippen molar-refractivity contribution in [3.8, 4) is 5.75 Å². The van der Waals surface area contributed by atoms with Crippen molar-refractivity contribution in [2.24, 2.45) is 0 Å². The fraction of sp³-hybridized carbons (Fsp3) is 0.571. The molecule has 0 bridgehead atoms. The molecule has 5 nitrogen and oxygen atoms in total. The zero-order valence-corrected chi connectivity index (χ0v) is 21.8. The Balaban J connectivity index is 1.31. The molecule has 0 aliphatic carbocycles. The Kier molecular flexibility index (Phi) is 12.2. The summed E-state index contributed by atoms with van der Waals surface area (Å²) in [5.41, 5.74) is 1.11. The van der Waals surface area contributed by atoms with E-state index in [0.717, 1.165) is 29.8 Å². The molecule has 1 N–H and O–H groups in total. The van der Waals surface area contributed by atoms with Crippen LogP contribution in [-0.2, 0) is 9.05 Å². The monoisotopic (exact) mass is 488 g/mol. The lowest BCUT2D eigenvalue weighted by molar-refractivity contribution is 0.178. The second-order valence-electron chi connectivity index (χ2n) is 9.03. The number of unbranched alkanes of at least 4 members (excludes halogenated alkanes) is 9. The molecule has 0 radical (unpaired) electrons. The molecule has 1 fully saturated rings. The summed E-state index contributed by atoms with van der Waals surface area (Å²) in [4.78, 5) is 13.1. The molecule has 0 saturated carbocycles. The van der Waals surface area contributed by atoms with Gasteiger partial charge in [-0.05, 0) is 42.8 Å². The molecular weight excluding hydrogens is 445 g/mol. The van der Waals surface area contributed by atoms with E-state index in [4.69, 9.17) is 13.8 Å². The number of benzene rings is 2. The SMILES string of the molecule is CCCCCCCCCCCCOc1ccc(N2CCO[P+](O)(c3ccccc3)OCC2)cc1. The quantitative estimate of drug-likeness (QED) is 0.231. The smallest absolute Gasteiger partial charge is 0.446 e. The second-order valence-corrected chi connectivity index (χ2v) is 11.1. The summed E-state index contributed by atoms with van der Waals surface area (Å²) in [7, 11) is -2.99. The fourth-order valence-corrected chi connectivity index (χ4v) is 5.83. The van der Waals surface area contributed by atoms with Crippen molar-refractivity contribution in [2.75, 3.05) is 37.8 Å². The minimum absolute atomic E-state index is 0.413. The topological polar surface area (TPSA) is 51.2 Å². The van der Waals surface area contributed by atoms with Crippen molar-refractivity contribution < 1.29 is 18.7 Å². The Bertz CT molecular complexity index is 777. The van der Waals surface area contributed by atoms with Gasteiger partial charge in [0.15, 0.2) is 5.30 Å². The van der Waals surface area contributed by atoms with Gasteiger partial charge < -0.3 is 9.64 Å². The number of nitrogens with zero attached hydrogens (tertiary/aromatic N) is 1. The van der Waals surface area contributed by atoms with Gasteiger partial charge in [0.05, 0.1) is 6.61 Å². The highest BCUT2D eigenvalue weighted by Gasteiger charge is 2.45. The van der Waals surface area contributed by atoms with E-state index in [9.17, 15) is 4.89 Å². The van der Waals surface area contributed by atoms with Crippen LogP contribution >= 0.6 is 7.94 Å². The van der Waals surface area contributed by atoms with Crippen LogP contribution in [0.3, 0.4) is 0 Å². The van der Waals surface area contributed by atoms with Crippen molar-refractivity contribution in [1.82, 2.24) is 0 Å². The summed E-state index contributed by atoms with van der Waals surface area (Å²) in [6.07, 6.45) is 13.3. The highest BCUT2D eigenvalue weighted by molar-refractivity contribution is 7.68. The first-order chi connectivity index (χ1) is 16.7. The first-order valence-corrected chi connectivity index (χ1v) is 14.7. The van der Waals surface area contributed by atoms with E-state index in [-0.39, 0.29) is 0 Å². The van der Waals surface area contributed by atoms with Crippen LogP contribution in [0.1, 0.15) is 71.1 Å². The molecule has 0 atom stereocenters. The van der Waals surface area contributed by atoms with Crippen molar-refractivity contribution in [1.29, 1.82) is 0 Å². The van der Waals surface area contributed by atoms with Gasteiger partial charge in [0.2, 0.25) is 0 Å². The van der Waals surface area contributed by atoms with Gasteiger partial charge in [-0.15, -0.1) is 0 Å². The largest absolute Gasteiger partial charge is 0.494 e. The van der Waals surface area contributed by atoms with Crippen molar-refractivity contribution in [3.05, 3.63) is 54.6 Å². The van der Waals surface area contributed by atoms with E-state index in [0.29, 0.717) is 26.3 Å². The molecule has 0 amide bonds. The third-order valence-electron chi connectivity index (χ3n) is 6.31. The summed E-state index contributed by atoms with van der Waals surface area (Å²) >= 11 is 0. The maximum Gasteiger partial charge on any atom is 0.446 e. The number of ether oxygens (including phenoxy) is 1. The maximum atomic E-state index is 10.9.